The third kappa shape index (κ3) is 3.27. The molecule has 0 aliphatic carbocycles. The van der Waals surface area contributed by atoms with Crippen LogP contribution in [0.4, 0.5) is 21.5 Å². The minimum absolute atomic E-state index is 0.0844. The summed E-state index contributed by atoms with van der Waals surface area (Å²) >= 11 is 3.27. The summed E-state index contributed by atoms with van der Waals surface area (Å²) in [6.07, 6.45) is 0. The van der Waals surface area contributed by atoms with Gasteiger partial charge in [0.2, 0.25) is 10.0 Å². The maximum atomic E-state index is 13.2. The number of nitrogen functional groups attached to an aromatic ring is 1. The first-order chi connectivity index (χ1) is 9.27. The summed E-state index contributed by atoms with van der Waals surface area (Å²) in [6, 6.07) is 8.17. The molecule has 0 saturated heterocycles. The van der Waals surface area contributed by atoms with Gasteiger partial charge in [-0.3, -0.25) is 0 Å². The van der Waals surface area contributed by atoms with Gasteiger partial charge in [0, 0.05) is 4.47 Å². The SMILES string of the molecule is Nc1cc(S(N)(=O)=O)ccc1Nc1cc(F)ccc1Br. The number of nitrogens with two attached hydrogens (primary N) is 2. The number of primary sulfonamides is 1. The molecule has 5 N–H and O–H groups in total. The minimum Gasteiger partial charge on any atom is -0.397 e. The number of nitrogens with one attached hydrogen (secondary N) is 1. The van der Waals surface area contributed by atoms with E-state index in [4.69, 9.17) is 10.9 Å². The fourth-order valence-electron chi connectivity index (χ4n) is 1.57. The van der Waals surface area contributed by atoms with E-state index in [1.54, 1.807) is 6.07 Å². The van der Waals surface area contributed by atoms with Crippen LogP contribution in [0.5, 0.6) is 0 Å². The average molecular weight is 360 g/mol. The van der Waals surface area contributed by atoms with Crippen LogP contribution in [0.25, 0.3) is 0 Å². The van der Waals surface area contributed by atoms with Gasteiger partial charge in [-0.2, -0.15) is 0 Å². The summed E-state index contributed by atoms with van der Waals surface area (Å²) in [7, 11) is -3.81. The van der Waals surface area contributed by atoms with Crippen LogP contribution in [0.3, 0.4) is 0 Å². The predicted molar refractivity (Wildman–Crippen MR) is 79.6 cm³/mol. The molecule has 0 aliphatic rings. The molecule has 0 heterocycles. The predicted octanol–water partition coefficient (Wildman–Crippen LogP) is 2.56. The van der Waals surface area contributed by atoms with Gasteiger partial charge in [-0.15, -0.1) is 0 Å². The molecule has 0 fully saturated rings. The van der Waals surface area contributed by atoms with Crippen molar-refractivity contribution in [3.8, 4) is 0 Å². The highest BCUT2D eigenvalue weighted by molar-refractivity contribution is 9.10. The highest BCUT2D eigenvalue weighted by atomic mass is 79.9. The second-order valence-corrected chi connectivity index (χ2v) is 6.46. The molecule has 0 aromatic heterocycles. The number of benzene rings is 2. The molecule has 106 valence electrons. The fourth-order valence-corrected chi connectivity index (χ4v) is 2.46. The Labute approximate surface area is 124 Å². The molecule has 2 aromatic rings. The largest absolute Gasteiger partial charge is 0.397 e. The molecule has 0 aliphatic heterocycles. The van der Waals surface area contributed by atoms with E-state index in [1.165, 1.54) is 30.3 Å². The number of anilines is 3. The van der Waals surface area contributed by atoms with Crippen molar-refractivity contribution in [2.75, 3.05) is 11.1 Å². The molecular formula is C12H11BrFN3O2S. The lowest BCUT2D eigenvalue weighted by molar-refractivity contribution is 0.598. The molecule has 5 nitrogen and oxygen atoms in total. The van der Waals surface area contributed by atoms with E-state index in [1.807, 2.05) is 0 Å². The van der Waals surface area contributed by atoms with Gasteiger partial charge in [0.05, 0.1) is 22.0 Å². The lowest BCUT2D eigenvalue weighted by Gasteiger charge is -2.12. The zero-order chi connectivity index (χ0) is 14.9. The maximum absolute atomic E-state index is 13.2. The van der Waals surface area contributed by atoms with E-state index in [-0.39, 0.29) is 10.6 Å². The van der Waals surface area contributed by atoms with Crippen LogP contribution in [0, 0.1) is 5.82 Å². The summed E-state index contributed by atoms with van der Waals surface area (Å²) in [6.45, 7) is 0. The molecule has 0 atom stereocenters. The Morgan fingerprint density at radius 3 is 2.40 bits per heavy atom. The Kier molecular flexibility index (Phi) is 3.98. The number of sulfonamides is 1. The second-order valence-electron chi connectivity index (χ2n) is 4.04. The summed E-state index contributed by atoms with van der Waals surface area (Å²) in [5, 5.41) is 7.92. The Morgan fingerprint density at radius 2 is 1.80 bits per heavy atom. The Hall–Kier alpha value is -1.64. The molecule has 8 heteroatoms. The smallest absolute Gasteiger partial charge is 0.238 e. The molecule has 0 spiro atoms. The van der Waals surface area contributed by atoms with Crippen LogP contribution >= 0.6 is 15.9 Å². The van der Waals surface area contributed by atoms with E-state index < -0.39 is 15.8 Å². The summed E-state index contributed by atoms with van der Waals surface area (Å²) in [5.74, 6) is -0.407. The first kappa shape index (κ1) is 14.8. The molecule has 0 radical (unpaired) electrons. The van der Waals surface area contributed by atoms with Gasteiger partial charge in [-0.25, -0.2) is 17.9 Å². The van der Waals surface area contributed by atoms with Crippen LogP contribution in [-0.2, 0) is 10.0 Å². The van der Waals surface area contributed by atoms with E-state index in [0.717, 1.165) is 0 Å². The van der Waals surface area contributed by atoms with E-state index >= 15 is 0 Å². The van der Waals surface area contributed by atoms with Crippen molar-refractivity contribution in [1.82, 2.24) is 0 Å². The molecule has 0 amide bonds. The van der Waals surface area contributed by atoms with Crippen molar-refractivity contribution in [3.63, 3.8) is 0 Å². The second kappa shape index (κ2) is 5.39. The molecule has 0 unspecified atom stereocenters. The Morgan fingerprint density at radius 1 is 1.10 bits per heavy atom. The van der Waals surface area contributed by atoms with Crippen molar-refractivity contribution < 1.29 is 12.8 Å². The Balaban J connectivity index is 2.38. The number of hydrogen-bond acceptors (Lipinski definition) is 4. The molecule has 2 aromatic carbocycles. The van der Waals surface area contributed by atoms with E-state index in [2.05, 4.69) is 21.2 Å². The third-order valence-corrected chi connectivity index (χ3v) is 4.15. The standard InChI is InChI=1S/C12H11BrFN3O2S/c13-9-3-1-7(14)5-12(9)17-11-4-2-8(6-10(11)15)20(16,18)19/h1-6,17H,15H2,(H2,16,18,19). The highest BCUT2D eigenvalue weighted by Gasteiger charge is 2.11. The monoisotopic (exact) mass is 359 g/mol. The molecule has 0 saturated carbocycles. The summed E-state index contributed by atoms with van der Waals surface area (Å²) < 4.78 is 36.2. The highest BCUT2D eigenvalue weighted by Crippen LogP contribution is 2.30. The van der Waals surface area contributed by atoms with E-state index in [0.29, 0.717) is 15.8 Å². The third-order valence-electron chi connectivity index (χ3n) is 2.55. The molecule has 20 heavy (non-hydrogen) atoms. The van der Waals surface area contributed by atoms with Gasteiger partial charge < -0.3 is 11.1 Å². The normalized spacial score (nSPS) is 11.3. The van der Waals surface area contributed by atoms with Crippen molar-refractivity contribution in [3.05, 3.63) is 46.7 Å². The first-order valence-corrected chi connectivity index (χ1v) is 7.76. The summed E-state index contributed by atoms with van der Waals surface area (Å²) in [5.41, 5.74) is 6.87. The van der Waals surface area contributed by atoms with Crippen LogP contribution in [0.15, 0.2) is 45.8 Å². The zero-order valence-corrected chi connectivity index (χ0v) is 12.5. The van der Waals surface area contributed by atoms with Crippen molar-refractivity contribution in [2.45, 2.75) is 4.90 Å². The topological polar surface area (TPSA) is 98.2 Å². The summed E-state index contributed by atoms with van der Waals surface area (Å²) in [4.78, 5) is -0.0844. The molecule has 0 bridgehead atoms. The van der Waals surface area contributed by atoms with Gasteiger partial charge in [0.25, 0.3) is 0 Å². The van der Waals surface area contributed by atoms with Gasteiger partial charge in [0.15, 0.2) is 0 Å². The maximum Gasteiger partial charge on any atom is 0.238 e. The van der Waals surface area contributed by atoms with Gasteiger partial charge in [-0.1, -0.05) is 0 Å². The van der Waals surface area contributed by atoms with Crippen LogP contribution in [0.1, 0.15) is 0 Å². The lowest BCUT2D eigenvalue weighted by Crippen LogP contribution is -2.12. The lowest BCUT2D eigenvalue weighted by atomic mass is 10.2. The van der Waals surface area contributed by atoms with Crippen molar-refractivity contribution >= 4 is 43.0 Å². The number of rotatable bonds is 3. The van der Waals surface area contributed by atoms with Gasteiger partial charge >= 0.3 is 0 Å². The number of halogens is 2. The Bertz CT molecular complexity index is 765. The molecular weight excluding hydrogens is 349 g/mol. The first-order valence-electron chi connectivity index (χ1n) is 5.42. The fraction of sp³-hybridized carbons (Fsp3) is 0. The minimum atomic E-state index is -3.81. The van der Waals surface area contributed by atoms with Gasteiger partial charge in [-0.05, 0) is 52.3 Å². The van der Waals surface area contributed by atoms with Crippen LogP contribution < -0.4 is 16.2 Å². The van der Waals surface area contributed by atoms with Crippen LogP contribution in [-0.4, -0.2) is 8.42 Å². The average Bonchev–Trinajstić information content (AvgIpc) is 2.35. The quantitative estimate of drug-likeness (QED) is 0.733. The van der Waals surface area contributed by atoms with Crippen molar-refractivity contribution in [2.24, 2.45) is 5.14 Å². The molecule has 2 rings (SSSR count). The van der Waals surface area contributed by atoms with Crippen molar-refractivity contribution in [1.29, 1.82) is 0 Å². The zero-order valence-electron chi connectivity index (χ0n) is 10.1. The van der Waals surface area contributed by atoms with Gasteiger partial charge in [0.1, 0.15) is 5.82 Å². The van der Waals surface area contributed by atoms with Crippen LogP contribution in [0.2, 0.25) is 0 Å². The number of hydrogen-bond donors (Lipinski definition) is 3. The van der Waals surface area contributed by atoms with E-state index in [9.17, 15) is 12.8 Å².